The lowest BCUT2D eigenvalue weighted by Gasteiger charge is -2.18. The summed E-state index contributed by atoms with van der Waals surface area (Å²) in [5.41, 5.74) is 6.09. The van der Waals surface area contributed by atoms with Crippen molar-refractivity contribution < 1.29 is 4.79 Å². The molecule has 1 amide bonds. The molecular weight excluding hydrogens is 273 g/mol. The number of carbonyl (C=O) groups is 1. The first-order valence-electron chi connectivity index (χ1n) is 6.33. The first-order chi connectivity index (χ1) is 7.56. The number of nitrogens with zero attached hydrogens (tertiary/aromatic N) is 1. The maximum absolute atomic E-state index is 11.6. The first kappa shape index (κ1) is 18.0. The lowest BCUT2D eigenvalue weighted by atomic mass is 9.92. The Hall–Kier alpha value is -0.0300. The minimum Gasteiger partial charge on any atom is -0.352 e. The normalized spacial score (nSPS) is 27.6. The van der Waals surface area contributed by atoms with Crippen LogP contribution in [0.5, 0.6) is 0 Å². The Kier molecular flexibility index (Phi) is 7.52. The van der Waals surface area contributed by atoms with Gasteiger partial charge in [0.2, 0.25) is 5.91 Å². The van der Waals surface area contributed by atoms with E-state index in [-0.39, 0.29) is 36.8 Å². The van der Waals surface area contributed by atoms with Crippen LogP contribution in [0.15, 0.2) is 0 Å². The standard InChI is InChI=1S/C12H23N3O.2ClH/c1-8(2)10-5-15(6-11(10)13)7-12(16)14-9-3-4-9;;/h8-11H,3-7,13H2,1-2H3,(H,14,16);2*1H/t10-,11+;;/m1../s1. The summed E-state index contributed by atoms with van der Waals surface area (Å²) in [4.78, 5) is 13.8. The van der Waals surface area contributed by atoms with E-state index in [1.54, 1.807) is 0 Å². The molecule has 18 heavy (non-hydrogen) atoms. The van der Waals surface area contributed by atoms with Crippen molar-refractivity contribution in [1.82, 2.24) is 10.2 Å². The van der Waals surface area contributed by atoms with Gasteiger partial charge in [0.1, 0.15) is 0 Å². The van der Waals surface area contributed by atoms with Gasteiger partial charge in [-0.2, -0.15) is 0 Å². The van der Waals surface area contributed by atoms with Gasteiger partial charge in [-0.05, 0) is 24.7 Å². The van der Waals surface area contributed by atoms with Gasteiger partial charge >= 0.3 is 0 Å². The maximum Gasteiger partial charge on any atom is 0.234 e. The molecule has 3 N–H and O–H groups in total. The van der Waals surface area contributed by atoms with E-state index in [1.807, 2.05) is 0 Å². The van der Waals surface area contributed by atoms with Gasteiger partial charge in [0.15, 0.2) is 0 Å². The van der Waals surface area contributed by atoms with E-state index in [2.05, 4.69) is 24.1 Å². The largest absolute Gasteiger partial charge is 0.352 e. The third-order valence-electron chi connectivity index (χ3n) is 3.65. The molecule has 1 saturated carbocycles. The van der Waals surface area contributed by atoms with Gasteiger partial charge in [0, 0.05) is 25.2 Å². The van der Waals surface area contributed by atoms with E-state index in [1.165, 1.54) is 0 Å². The number of rotatable bonds is 4. The molecule has 0 radical (unpaired) electrons. The van der Waals surface area contributed by atoms with E-state index in [9.17, 15) is 4.79 Å². The topological polar surface area (TPSA) is 58.4 Å². The Balaban J connectivity index is 0.00000144. The van der Waals surface area contributed by atoms with Crippen molar-refractivity contribution >= 4 is 30.7 Å². The highest BCUT2D eigenvalue weighted by Gasteiger charge is 2.33. The minimum atomic E-state index is 0. The summed E-state index contributed by atoms with van der Waals surface area (Å²) in [5.74, 6) is 1.30. The van der Waals surface area contributed by atoms with Gasteiger partial charge in [-0.1, -0.05) is 13.8 Å². The molecule has 0 aromatic rings. The summed E-state index contributed by atoms with van der Waals surface area (Å²) in [6.07, 6.45) is 2.31. The summed E-state index contributed by atoms with van der Waals surface area (Å²) in [6, 6.07) is 0.693. The van der Waals surface area contributed by atoms with Crippen LogP contribution in [0.25, 0.3) is 0 Å². The first-order valence-corrected chi connectivity index (χ1v) is 6.33. The second-order valence-electron chi connectivity index (χ2n) is 5.61. The fourth-order valence-electron chi connectivity index (χ4n) is 2.48. The van der Waals surface area contributed by atoms with Gasteiger partial charge in [-0.3, -0.25) is 9.69 Å². The molecule has 2 rings (SSSR count). The van der Waals surface area contributed by atoms with Gasteiger partial charge in [0.25, 0.3) is 0 Å². The molecule has 1 saturated heterocycles. The number of carbonyl (C=O) groups excluding carboxylic acids is 1. The molecule has 0 aromatic heterocycles. The number of amides is 1. The highest BCUT2D eigenvalue weighted by atomic mass is 35.5. The zero-order valence-electron chi connectivity index (χ0n) is 11.1. The van der Waals surface area contributed by atoms with Crippen molar-refractivity contribution in [2.45, 2.75) is 38.8 Å². The SMILES string of the molecule is CC(C)[C@H]1CN(CC(=O)NC2CC2)C[C@@H]1N.Cl.Cl. The summed E-state index contributed by atoms with van der Waals surface area (Å²) in [5, 5.41) is 3.02. The third kappa shape index (κ3) is 4.92. The van der Waals surface area contributed by atoms with Crippen LogP contribution in [-0.4, -0.2) is 42.5 Å². The lowest BCUT2D eigenvalue weighted by Crippen LogP contribution is -2.38. The average molecular weight is 298 g/mol. The zero-order chi connectivity index (χ0) is 11.7. The smallest absolute Gasteiger partial charge is 0.234 e. The van der Waals surface area contributed by atoms with E-state index in [0.29, 0.717) is 24.4 Å². The molecule has 0 spiro atoms. The number of hydrogen-bond acceptors (Lipinski definition) is 3. The highest BCUT2D eigenvalue weighted by molar-refractivity contribution is 5.85. The molecule has 1 aliphatic heterocycles. The van der Waals surface area contributed by atoms with Crippen molar-refractivity contribution in [2.24, 2.45) is 17.6 Å². The summed E-state index contributed by atoms with van der Waals surface area (Å²) in [7, 11) is 0. The monoisotopic (exact) mass is 297 g/mol. The molecule has 0 bridgehead atoms. The Morgan fingerprint density at radius 2 is 1.94 bits per heavy atom. The van der Waals surface area contributed by atoms with Crippen LogP contribution in [0.2, 0.25) is 0 Å². The molecule has 0 unspecified atom stereocenters. The minimum absolute atomic E-state index is 0. The van der Waals surface area contributed by atoms with Crippen LogP contribution >= 0.6 is 24.8 Å². The van der Waals surface area contributed by atoms with E-state index < -0.39 is 0 Å². The molecule has 2 fully saturated rings. The molecule has 2 atom stereocenters. The van der Waals surface area contributed by atoms with E-state index >= 15 is 0 Å². The van der Waals surface area contributed by atoms with Gasteiger partial charge in [0.05, 0.1) is 6.54 Å². The van der Waals surface area contributed by atoms with Gasteiger partial charge < -0.3 is 11.1 Å². The Morgan fingerprint density at radius 3 is 2.39 bits per heavy atom. The van der Waals surface area contributed by atoms with Crippen molar-refractivity contribution in [2.75, 3.05) is 19.6 Å². The van der Waals surface area contributed by atoms with Crippen LogP contribution in [-0.2, 0) is 4.79 Å². The number of halogens is 2. The number of hydrogen-bond donors (Lipinski definition) is 2. The van der Waals surface area contributed by atoms with Crippen molar-refractivity contribution in [3.63, 3.8) is 0 Å². The molecular formula is C12H25Cl2N3O. The molecule has 1 aliphatic carbocycles. The highest BCUT2D eigenvalue weighted by Crippen LogP contribution is 2.23. The van der Waals surface area contributed by atoms with Crippen LogP contribution in [0.1, 0.15) is 26.7 Å². The molecule has 0 aromatic carbocycles. The molecule has 2 aliphatic rings. The predicted octanol–water partition coefficient (Wildman–Crippen LogP) is 1.02. The summed E-state index contributed by atoms with van der Waals surface area (Å²) in [6.45, 7) is 6.77. The van der Waals surface area contributed by atoms with Gasteiger partial charge in [-0.25, -0.2) is 0 Å². The maximum atomic E-state index is 11.6. The van der Waals surface area contributed by atoms with Crippen molar-refractivity contribution in [3.05, 3.63) is 0 Å². The fraction of sp³-hybridized carbons (Fsp3) is 0.917. The van der Waals surface area contributed by atoms with Crippen LogP contribution in [0.3, 0.4) is 0 Å². The fourth-order valence-corrected chi connectivity index (χ4v) is 2.48. The summed E-state index contributed by atoms with van der Waals surface area (Å²) >= 11 is 0. The number of likely N-dealkylation sites (tertiary alicyclic amines) is 1. The number of nitrogens with two attached hydrogens (primary N) is 1. The van der Waals surface area contributed by atoms with Crippen LogP contribution < -0.4 is 11.1 Å². The van der Waals surface area contributed by atoms with E-state index in [0.717, 1.165) is 25.9 Å². The van der Waals surface area contributed by atoms with Crippen LogP contribution in [0.4, 0.5) is 0 Å². The second-order valence-corrected chi connectivity index (χ2v) is 5.61. The van der Waals surface area contributed by atoms with E-state index in [4.69, 9.17) is 5.73 Å². The summed E-state index contributed by atoms with van der Waals surface area (Å²) < 4.78 is 0. The Morgan fingerprint density at radius 1 is 1.33 bits per heavy atom. The van der Waals surface area contributed by atoms with Crippen LogP contribution in [0, 0.1) is 11.8 Å². The quantitative estimate of drug-likeness (QED) is 0.815. The van der Waals surface area contributed by atoms with Gasteiger partial charge in [-0.15, -0.1) is 24.8 Å². The number of nitrogens with one attached hydrogen (secondary N) is 1. The average Bonchev–Trinajstić information content (AvgIpc) is 2.89. The molecule has 108 valence electrons. The molecule has 6 heteroatoms. The molecule has 4 nitrogen and oxygen atoms in total. The van der Waals surface area contributed by atoms with Crippen molar-refractivity contribution in [3.8, 4) is 0 Å². The third-order valence-corrected chi connectivity index (χ3v) is 3.65. The Labute approximate surface area is 122 Å². The second kappa shape index (κ2) is 7.53. The Bertz CT molecular complexity index is 272. The van der Waals surface area contributed by atoms with Crippen molar-refractivity contribution in [1.29, 1.82) is 0 Å². The molecule has 1 heterocycles. The predicted molar refractivity (Wildman–Crippen MR) is 78.4 cm³/mol. The zero-order valence-corrected chi connectivity index (χ0v) is 12.7. The lowest BCUT2D eigenvalue weighted by molar-refractivity contribution is -0.122.